The fourth-order valence-corrected chi connectivity index (χ4v) is 2.37. The third-order valence-electron chi connectivity index (χ3n) is 3.19. The lowest BCUT2D eigenvalue weighted by Gasteiger charge is -2.05. The van der Waals surface area contributed by atoms with E-state index in [4.69, 9.17) is 0 Å². The van der Waals surface area contributed by atoms with Gasteiger partial charge in [0.05, 0.1) is 6.20 Å². The van der Waals surface area contributed by atoms with Crippen molar-refractivity contribution in [3.63, 3.8) is 0 Å². The highest BCUT2D eigenvalue weighted by molar-refractivity contribution is 9.10. The van der Waals surface area contributed by atoms with Gasteiger partial charge in [-0.15, -0.1) is 0 Å². The monoisotopic (exact) mass is 360 g/mol. The molecule has 0 aliphatic carbocycles. The van der Waals surface area contributed by atoms with Crippen molar-refractivity contribution in [3.8, 4) is 5.88 Å². The summed E-state index contributed by atoms with van der Waals surface area (Å²) in [6.07, 6.45) is 1.40. The van der Waals surface area contributed by atoms with E-state index in [0.717, 1.165) is 10.0 Å². The Morgan fingerprint density at radius 3 is 2.82 bits per heavy atom. The van der Waals surface area contributed by atoms with Crippen LogP contribution in [0.4, 0.5) is 0 Å². The molecule has 2 heterocycles. The van der Waals surface area contributed by atoms with E-state index in [1.54, 1.807) is 6.92 Å². The number of amides is 1. The van der Waals surface area contributed by atoms with Gasteiger partial charge in [-0.1, -0.05) is 28.1 Å². The van der Waals surface area contributed by atoms with E-state index in [1.165, 1.54) is 16.8 Å². The number of benzene rings is 1. The number of fused-ring (bicyclic) bond motifs is 1. The Morgan fingerprint density at radius 1 is 1.36 bits per heavy atom. The Kier molecular flexibility index (Phi) is 3.81. The minimum absolute atomic E-state index is 0.0468. The second-order valence-electron chi connectivity index (χ2n) is 4.86. The molecule has 0 fully saturated rings. The molecule has 3 rings (SSSR count). The number of nitrogens with zero attached hydrogens (tertiary/aromatic N) is 3. The molecular formula is C15H13BrN4O2. The molecule has 0 saturated heterocycles. The number of halogens is 1. The standard InChI is InChI=1S/C15H13BrN4O2/c1-9-6-13(21)20-14(19-9)12(8-18-20)15(22)17-7-10-2-4-11(16)5-3-10/h2-6,8,21H,7H2,1H3,(H,17,22). The second kappa shape index (κ2) is 5.76. The first kappa shape index (κ1) is 14.5. The molecule has 112 valence electrons. The Morgan fingerprint density at radius 2 is 2.09 bits per heavy atom. The Hall–Kier alpha value is -2.41. The molecule has 0 atom stereocenters. The van der Waals surface area contributed by atoms with Gasteiger partial charge in [0.15, 0.2) is 5.65 Å². The van der Waals surface area contributed by atoms with Gasteiger partial charge in [0.2, 0.25) is 5.88 Å². The van der Waals surface area contributed by atoms with Gasteiger partial charge in [0, 0.05) is 22.8 Å². The largest absolute Gasteiger partial charge is 0.493 e. The summed E-state index contributed by atoms with van der Waals surface area (Å²) in [5.74, 6) is -0.329. The molecule has 0 bridgehead atoms. The molecule has 2 aromatic heterocycles. The molecule has 0 radical (unpaired) electrons. The SMILES string of the molecule is Cc1cc(O)n2ncc(C(=O)NCc3ccc(Br)cc3)c2n1. The van der Waals surface area contributed by atoms with E-state index in [0.29, 0.717) is 23.4 Å². The fourth-order valence-electron chi connectivity index (χ4n) is 2.10. The van der Waals surface area contributed by atoms with Gasteiger partial charge < -0.3 is 10.4 Å². The van der Waals surface area contributed by atoms with Crippen LogP contribution in [0.2, 0.25) is 0 Å². The first-order valence-electron chi connectivity index (χ1n) is 6.61. The highest BCUT2D eigenvalue weighted by atomic mass is 79.9. The summed E-state index contributed by atoms with van der Waals surface area (Å²) in [5.41, 5.74) is 2.27. The summed E-state index contributed by atoms with van der Waals surface area (Å²) >= 11 is 3.37. The average molecular weight is 361 g/mol. The molecule has 1 amide bonds. The first-order chi connectivity index (χ1) is 10.5. The number of rotatable bonds is 3. The van der Waals surface area contributed by atoms with Crippen LogP contribution in [0.3, 0.4) is 0 Å². The lowest BCUT2D eigenvalue weighted by atomic mass is 10.2. The number of carbonyl (C=O) groups excluding carboxylic acids is 1. The number of aryl methyl sites for hydroxylation is 1. The number of hydrogen-bond acceptors (Lipinski definition) is 4. The van der Waals surface area contributed by atoms with Crippen molar-refractivity contribution in [1.82, 2.24) is 19.9 Å². The summed E-state index contributed by atoms with van der Waals surface area (Å²) in [7, 11) is 0. The van der Waals surface area contributed by atoms with Gasteiger partial charge in [-0.3, -0.25) is 4.79 Å². The normalized spacial score (nSPS) is 10.8. The molecule has 1 aromatic carbocycles. The average Bonchev–Trinajstić information content (AvgIpc) is 2.90. The van der Waals surface area contributed by atoms with Crippen LogP contribution in [0.1, 0.15) is 21.6 Å². The van der Waals surface area contributed by atoms with Crippen LogP contribution >= 0.6 is 15.9 Å². The number of carbonyl (C=O) groups is 1. The van der Waals surface area contributed by atoms with Gasteiger partial charge in [0.1, 0.15) is 5.56 Å². The molecule has 22 heavy (non-hydrogen) atoms. The van der Waals surface area contributed by atoms with Gasteiger partial charge >= 0.3 is 0 Å². The number of aromatic hydroxyl groups is 1. The quantitative estimate of drug-likeness (QED) is 0.751. The highest BCUT2D eigenvalue weighted by Gasteiger charge is 2.16. The zero-order valence-corrected chi connectivity index (χ0v) is 13.3. The summed E-state index contributed by atoms with van der Waals surface area (Å²) < 4.78 is 2.22. The van der Waals surface area contributed by atoms with Crippen molar-refractivity contribution < 1.29 is 9.90 Å². The first-order valence-corrected chi connectivity index (χ1v) is 7.41. The predicted molar refractivity (Wildman–Crippen MR) is 84.7 cm³/mol. The third-order valence-corrected chi connectivity index (χ3v) is 3.72. The van der Waals surface area contributed by atoms with Crippen molar-refractivity contribution in [2.75, 3.05) is 0 Å². The molecule has 6 nitrogen and oxygen atoms in total. The smallest absolute Gasteiger partial charge is 0.257 e. The van der Waals surface area contributed by atoms with Crippen LogP contribution in [0.15, 0.2) is 41.0 Å². The molecule has 3 aromatic rings. The molecule has 0 saturated carbocycles. The zero-order chi connectivity index (χ0) is 15.7. The van der Waals surface area contributed by atoms with Crippen LogP contribution in [0, 0.1) is 6.92 Å². The molecule has 0 unspecified atom stereocenters. The molecule has 2 N–H and O–H groups in total. The van der Waals surface area contributed by atoms with Crippen LogP contribution in [-0.2, 0) is 6.54 Å². The van der Waals surface area contributed by atoms with E-state index >= 15 is 0 Å². The summed E-state index contributed by atoms with van der Waals surface area (Å²) in [4.78, 5) is 16.5. The lowest BCUT2D eigenvalue weighted by Crippen LogP contribution is -2.22. The number of aromatic nitrogens is 3. The molecule has 0 aliphatic heterocycles. The Labute approximate surface area is 134 Å². The lowest BCUT2D eigenvalue weighted by molar-refractivity contribution is 0.0952. The minimum Gasteiger partial charge on any atom is -0.493 e. The topological polar surface area (TPSA) is 79.5 Å². The third kappa shape index (κ3) is 2.80. The van der Waals surface area contributed by atoms with Crippen molar-refractivity contribution in [3.05, 3.63) is 57.8 Å². The van der Waals surface area contributed by atoms with Crippen LogP contribution < -0.4 is 5.32 Å². The van der Waals surface area contributed by atoms with E-state index in [-0.39, 0.29) is 11.8 Å². The van der Waals surface area contributed by atoms with Crippen molar-refractivity contribution >= 4 is 27.5 Å². The summed E-state index contributed by atoms with van der Waals surface area (Å²) in [5, 5.41) is 16.6. The van der Waals surface area contributed by atoms with E-state index in [2.05, 4.69) is 31.3 Å². The van der Waals surface area contributed by atoms with E-state index in [1.807, 2.05) is 24.3 Å². The van der Waals surface area contributed by atoms with Crippen molar-refractivity contribution in [2.24, 2.45) is 0 Å². The molecule has 0 aliphatic rings. The van der Waals surface area contributed by atoms with Gasteiger partial charge in [0.25, 0.3) is 5.91 Å². The number of hydrogen-bond donors (Lipinski definition) is 2. The zero-order valence-electron chi connectivity index (χ0n) is 11.7. The molecular weight excluding hydrogens is 348 g/mol. The van der Waals surface area contributed by atoms with Crippen LogP contribution in [0.5, 0.6) is 5.88 Å². The minimum atomic E-state index is -0.282. The Bertz CT molecular complexity index is 843. The second-order valence-corrected chi connectivity index (χ2v) is 5.77. The number of nitrogens with one attached hydrogen (secondary N) is 1. The fraction of sp³-hybridized carbons (Fsp3) is 0.133. The van der Waals surface area contributed by atoms with Gasteiger partial charge in [-0.2, -0.15) is 9.61 Å². The molecule has 0 spiro atoms. The van der Waals surface area contributed by atoms with Crippen LogP contribution in [0.25, 0.3) is 5.65 Å². The van der Waals surface area contributed by atoms with Gasteiger partial charge in [-0.05, 0) is 24.6 Å². The Balaban J connectivity index is 1.82. The van der Waals surface area contributed by atoms with Crippen molar-refractivity contribution in [1.29, 1.82) is 0 Å². The predicted octanol–water partition coefficient (Wildman–Crippen LogP) is 2.44. The van der Waals surface area contributed by atoms with Crippen molar-refractivity contribution in [2.45, 2.75) is 13.5 Å². The van der Waals surface area contributed by atoms with Crippen LogP contribution in [-0.4, -0.2) is 25.6 Å². The maximum absolute atomic E-state index is 12.3. The maximum Gasteiger partial charge on any atom is 0.257 e. The maximum atomic E-state index is 12.3. The summed E-state index contributed by atoms with van der Waals surface area (Å²) in [6.45, 7) is 2.15. The highest BCUT2D eigenvalue weighted by Crippen LogP contribution is 2.16. The molecule has 7 heteroatoms. The summed E-state index contributed by atoms with van der Waals surface area (Å²) in [6, 6.07) is 9.17. The van der Waals surface area contributed by atoms with Gasteiger partial charge in [-0.25, -0.2) is 4.98 Å². The van der Waals surface area contributed by atoms with E-state index in [9.17, 15) is 9.90 Å². The van der Waals surface area contributed by atoms with E-state index < -0.39 is 0 Å².